The molecule has 84 valence electrons. The van der Waals surface area contributed by atoms with Crippen LogP contribution in [0.15, 0.2) is 18.2 Å². The molecule has 0 spiro atoms. The van der Waals surface area contributed by atoms with Gasteiger partial charge in [-0.2, -0.15) is 0 Å². The zero-order valence-corrected chi connectivity index (χ0v) is 11.6. The summed E-state index contributed by atoms with van der Waals surface area (Å²) >= 11 is 0. The lowest BCUT2D eigenvalue weighted by Gasteiger charge is -2.23. The molecule has 1 aromatic rings. The summed E-state index contributed by atoms with van der Waals surface area (Å²) in [7, 11) is 0.825. The first-order valence-electron chi connectivity index (χ1n) is 5.76. The standard InChI is InChI=1S/C13H23NSi/c1-6-11-8-7-9-13(15(3,4)5)12(11)10-14-2/h7-9,14H,6,10H2,1-5H3. The Morgan fingerprint density at radius 2 is 1.87 bits per heavy atom. The van der Waals surface area contributed by atoms with Crippen LogP contribution in [-0.2, 0) is 13.0 Å². The summed E-state index contributed by atoms with van der Waals surface area (Å²) in [6.07, 6.45) is 1.13. The minimum atomic E-state index is -1.20. The van der Waals surface area contributed by atoms with Gasteiger partial charge in [0.15, 0.2) is 0 Å². The van der Waals surface area contributed by atoms with Gasteiger partial charge in [-0.15, -0.1) is 0 Å². The van der Waals surface area contributed by atoms with Crippen molar-refractivity contribution in [3.63, 3.8) is 0 Å². The van der Waals surface area contributed by atoms with Crippen LogP contribution in [0, 0.1) is 0 Å². The van der Waals surface area contributed by atoms with E-state index in [1.54, 1.807) is 10.8 Å². The van der Waals surface area contributed by atoms with Gasteiger partial charge in [-0.25, -0.2) is 0 Å². The van der Waals surface area contributed by atoms with E-state index in [4.69, 9.17) is 0 Å². The molecule has 1 aromatic carbocycles. The largest absolute Gasteiger partial charge is 0.316 e. The van der Waals surface area contributed by atoms with Crippen LogP contribution in [0.1, 0.15) is 18.1 Å². The van der Waals surface area contributed by atoms with Crippen molar-refractivity contribution < 1.29 is 0 Å². The van der Waals surface area contributed by atoms with Gasteiger partial charge in [-0.1, -0.05) is 50.0 Å². The van der Waals surface area contributed by atoms with Crippen molar-refractivity contribution in [1.82, 2.24) is 5.32 Å². The third-order valence-corrected chi connectivity index (χ3v) is 4.90. The Labute approximate surface area is 94.9 Å². The van der Waals surface area contributed by atoms with Crippen LogP contribution in [0.4, 0.5) is 0 Å². The Hall–Kier alpha value is -0.603. The maximum atomic E-state index is 3.29. The molecule has 0 atom stereocenters. The van der Waals surface area contributed by atoms with Crippen LogP contribution in [0.5, 0.6) is 0 Å². The molecule has 15 heavy (non-hydrogen) atoms. The van der Waals surface area contributed by atoms with Crippen molar-refractivity contribution in [3.8, 4) is 0 Å². The predicted molar refractivity (Wildman–Crippen MR) is 71.6 cm³/mol. The zero-order valence-electron chi connectivity index (χ0n) is 10.6. The molecule has 0 bridgehead atoms. The number of nitrogens with one attached hydrogen (secondary N) is 1. The van der Waals surface area contributed by atoms with Gasteiger partial charge in [-0.05, 0) is 24.6 Å². The van der Waals surface area contributed by atoms with Crippen molar-refractivity contribution in [2.75, 3.05) is 7.05 Å². The third kappa shape index (κ3) is 2.92. The maximum absolute atomic E-state index is 3.29. The minimum absolute atomic E-state index is 1.00. The second kappa shape index (κ2) is 4.95. The van der Waals surface area contributed by atoms with Crippen LogP contribution in [-0.4, -0.2) is 15.1 Å². The highest BCUT2D eigenvalue weighted by atomic mass is 28.3. The van der Waals surface area contributed by atoms with Gasteiger partial charge < -0.3 is 5.32 Å². The summed E-state index contributed by atoms with van der Waals surface area (Å²) in [4.78, 5) is 0. The van der Waals surface area contributed by atoms with Crippen molar-refractivity contribution in [1.29, 1.82) is 0 Å². The minimum Gasteiger partial charge on any atom is -0.316 e. The van der Waals surface area contributed by atoms with Crippen LogP contribution in [0.25, 0.3) is 0 Å². The molecule has 0 unspecified atom stereocenters. The molecule has 0 aliphatic carbocycles. The summed E-state index contributed by atoms with van der Waals surface area (Å²) < 4.78 is 0. The second-order valence-corrected chi connectivity index (χ2v) is 10.1. The molecule has 0 heterocycles. The molecule has 1 N–H and O–H groups in total. The molecule has 0 saturated heterocycles. The van der Waals surface area contributed by atoms with E-state index in [9.17, 15) is 0 Å². The van der Waals surface area contributed by atoms with Crippen molar-refractivity contribution in [2.45, 2.75) is 39.5 Å². The van der Waals surface area contributed by atoms with Gasteiger partial charge in [0.05, 0.1) is 8.07 Å². The van der Waals surface area contributed by atoms with Crippen LogP contribution < -0.4 is 10.5 Å². The fourth-order valence-corrected chi connectivity index (χ4v) is 3.80. The Bertz CT molecular complexity index is 326. The third-order valence-electron chi connectivity index (χ3n) is 2.82. The summed E-state index contributed by atoms with van der Waals surface area (Å²) in [5, 5.41) is 4.90. The van der Waals surface area contributed by atoms with E-state index >= 15 is 0 Å². The number of aryl methyl sites for hydroxylation is 1. The lowest BCUT2D eigenvalue weighted by atomic mass is 10.1. The SMILES string of the molecule is CCc1cccc([Si](C)(C)C)c1CNC. The number of rotatable bonds is 4. The second-order valence-electron chi connectivity index (χ2n) is 5.08. The van der Waals surface area contributed by atoms with Crippen LogP contribution in [0.3, 0.4) is 0 Å². The van der Waals surface area contributed by atoms with Gasteiger partial charge in [-0.3, -0.25) is 0 Å². The zero-order chi connectivity index (χ0) is 11.5. The fourth-order valence-electron chi connectivity index (χ4n) is 2.05. The van der Waals surface area contributed by atoms with Gasteiger partial charge >= 0.3 is 0 Å². The normalized spacial score (nSPS) is 11.8. The highest BCUT2D eigenvalue weighted by molar-refractivity contribution is 6.89. The van der Waals surface area contributed by atoms with E-state index in [1.165, 1.54) is 5.56 Å². The molecule has 2 heteroatoms. The molecule has 0 radical (unpaired) electrons. The molecule has 1 rings (SSSR count). The van der Waals surface area contributed by atoms with Gasteiger partial charge in [0, 0.05) is 6.54 Å². The maximum Gasteiger partial charge on any atom is 0.0780 e. The van der Waals surface area contributed by atoms with E-state index in [0.29, 0.717) is 0 Å². The van der Waals surface area contributed by atoms with Crippen LogP contribution in [0.2, 0.25) is 19.6 Å². The van der Waals surface area contributed by atoms with Crippen molar-refractivity contribution in [2.24, 2.45) is 0 Å². The Balaban J connectivity index is 3.25. The van der Waals surface area contributed by atoms with Gasteiger partial charge in [0.25, 0.3) is 0 Å². The van der Waals surface area contributed by atoms with E-state index < -0.39 is 8.07 Å². The first-order valence-corrected chi connectivity index (χ1v) is 9.26. The predicted octanol–water partition coefficient (Wildman–Crippen LogP) is 2.51. The molecule has 0 amide bonds. The molecule has 0 saturated carbocycles. The number of hydrogen-bond acceptors (Lipinski definition) is 1. The molecular formula is C13H23NSi. The Kier molecular flexibility index (Phi) is 4.11. The van der Waals surface area contributed by atoms with Crippen LogP contribution >= 0.6 is 0 Å². The quantitative estimate of drug-likeness (QED) is 0.770. The first kappa shape index (κ1) is 12.5. The van der Waals surface area contributed by atoms with Crippen molar-refractivity contribution >= 4 is 13.3 Å². The number of hydrogen-bond donors (Lipinski definition) is 1. The molecule has 0 aliphatic rings. The Morgan fingerprint density at radius 3 is 2.33 bits per heavy atom. The molecule has 0 aromatic heterocycles. The summed E-state index contributed by atoms with van der Waals surface area (Å²) in [6.45, 7) is 10.5. The van der Waals surface area contributed by atoms with Crippen molar-refractivity contribution in [3.05, 3.63) is 29.3 Å². The fraction of sp³-hybridized carbons (Fsp3) is 0.538. The van der Waals surface area contributed by atoms with Gasteiger partial charge in [0.2, 0.25) is 0 Å². The molecule has 0 aliphatic heterocycles. The average Bonchev–Trinajstić information content (AvgIpc) is 2.17. The summed E-state index contributed by atoms with van der Waals surface area (Å²) in [6, 6.07) is 6.79. The van der Waals surface area contributed by atoms with E-state index in [2.05, 4.69) is 50.1 Å². The molecular weight excluding hydrogens is 198 g/mol. The van der Waals surface area contributed by atoms with E-state index in [-0.39, 0.29) is 0 Å². The molecule has 1 nitrogen and oxygen atoms in total. The van der Waals surface area contributed by atoms with E-state index in [0.717, 1.165) is 13.0 Å². The number of benzene rings is 1. The van der Waals surface area contributed by atoms with E-state index in [1.807, 2.05) is 7.05 Å². The highest BCUT2D eigenvalue weighted by Gasteiger charge is 2.20. The lowest BCUT2D eigenvalue weighted by Crippen LogP contribution is -2.41. The highest BCUT2D eigenvalue weighted by Crippen LogP contribution is 2.13. The summed E-state index contributed by atoms with van der Waals surface area (Å²) in [5.74, 6) is 0. The Morgan fingerprint density at radius 1 is 1.20 bits per heavy atom. The monoisotopic (exact) mass is 221 g/mol. The average molecular weight is 221 g/mol. The van der Waals surface area contributed by atoms with Gasteiger partial charge in [0.1, 0.15) is 0 Å². The summed E-state index contributed by atoms with van der Waals surface area (Å²) in [5.41, 5.74) is 3.05. The first-order chi connectivity index (χ1) is 7.00. The topological polar surface area (TPSA) is 12.0 Å². The smallest absolute Gasteiger partial charge is 0.0780 e. The lowest BCUT2D eigenvalue weighted by molar-refractivity contribution is 0.809. The molecule has 0 fully saturated rings.